The number of cyclic esters (lactones) is 1. The number of ether oxygens (including phenoxy) is 1. The van der Waals surface area contributed by atoms with Crippen molar-refractivity contribution >= 4 is 18.1 Å². The van der Waals surface area contributed by atoms with Crippen LogP contribution in [0.4, 0.5) is 8.78 Å². The summed E-state index contributed by atoms with van der Waals surface area (Å²) in [6.07, 6.45) is 5.30. The number of carbonyl (C=O) groups excluding carboxylic acids is 2. The molecule has 7 nitrogen and oxygen atoms in total. The van der Waals surface area contributed by atoms with Crippen LogP contribution in [-0.2, 0) is 27.5 Å². The molecule has 1 saturated heterocycles. The van der Waals surface area contributed by atoms with Crippen LogP contribution >= 0.6 is 0 Å². The summed E-state index contributed by atoms with van der Waals surface area (Å²) >= 11 is 0. The predicted molar refractivity (Wildman–Crippen MR) is 137 cm³/mol. The van der Waals surface area contributed by atoms with Crippen LogP contribution in [0.15, 0.2) is 59.8 Å². The molecule has 0 spiro atoms. The Morgan fingerprint density at radius 1 is 1.05 bits per heavy atom. The summed E-state index contributed by atoms with van der Waals surface area (Å²) in [6.45, 7) is 0.883. The fourth-order valence-corrected chi connectivity index (χ4v) is 5.11. The van der Waals surface area contributed by atoms with Crippen LogP contribution in [0.2, 0.25) is 0 Å². The van der Waals surface area contributed by atoms with E-state index in [-0.39, 0.29) is 18.4 Å². The minimum Gasteiger partial charge on any atom is -0.463 e. The number of aromatic nitrogens is 1. The molecule has 3 aromatic rings. The highest BCUT2D eigenvalue weighted by atomic mass is 19.2. The van der Waals surface area contributed by atoms with E-state index in [1.807, 2.05) is 30.3 Å². The van der Waals surface area contributed by atoms with E-state index in [9.17, 15) is 18.4 Å². The van der Waals surface area contributed by atoms with Crippen LogP contribution in [0.25, 0.3) is 0 Å². The van der Waals surface area contributed by atoms with Gasteiger partial charge in [-0.25, -0.2) is 13.6 Å². The number of amides is 1. The van der Waals surface area contributed by atoms with Gasteiger partial charge in [-0.05, 0) is 42.2 Å². The summed E-state index contributed by atoms with van der Waals surface area (Å²) in [5, 5.41) is 6.93. The fourth-order valence-electron chi connectivity index (χ4n) is 5.11. The third-order valence-corrected chi connectivity index (χ3v) is 7.04. The molecule has 2 heterocycles. The smallest absolute Gasteiger partial charge is 0.350 e. The van der Waals surface area contributed by atoms with Crippen LogP contribution in [0.5, 0.6) is 0 Å². The monoisotopic (exact) mass is 521 g/mol. The molecule has 1 aromatic heterocycles. The number of rotatable bonds is 9. The Morgan fingerprint density at radius 2 is 1.84 bits per heavy atom. The van der Waals surface area contributed by atoms with Gasteiger partial charge >= 0.3 is 5.97 Å². The van der Waals surface area contributed by atoms with Gasteiger partial charge in [0.25, 0.3) is 5.91 Å². The van der Waals surface area contributed by atoms with Crippen LogP contribution in [-0.4, -0.2) is 35.4 Å². The topological polar surface area (TPSA) is 81.9 Å². The van der Waals surface area contributed by atoms with E-state index in [0.29, 0.717) is 36.4 Å². The summed E-state index contributed by atoms with van der Waals surface area (Å²) in [7, 11) is 0. The van der Waals surface area contributed by atoms with Gasteiger partial charge < -0.3 is 19.5 Å². The number of nitrogens with one attached hydrogen (secondary N) is 1. The second-order valence-electron chi connectivity index (χ2n) is 9.64. The Morgan fingerprint density at radius 3 is 2.55 bits per heavy atom. The number of nitrogens with zero attached hydrogens (tertiary/aromatic N) is 2. The molecule has 1 atom stereocenters. The molecule has 0 radical (unpaired) electrons. The van der Waals surface area contributed by atoms with Gasteiger partial charge in [0.15, 0.2) is 11.6 Å². The van der Waals surface area contributed by atoms with Crippen molar-refractivity contribution in [3.05, 3.63) is 94.3 Å². The molecule has 5 rings (SSSR count). The van der Waals surface area contributed by atoms with Crippen LogP contribution in [0.1, 0.15) is 70.9 Å². The number of benzene rings is 2. The first-order valence-electron chi connectivity index (χ1n) is 12.8. The maximum Gasteiger partial charge on any atom is 0.350 e. The molecular formula is C29H29F2N3O4. The highest BCUT2D eigenvalue weighted by molar-refractivity contribution is 5.98. The molecule has 198 valence electrons. The summed E-state index contributed by atoms with van der Waals surface area (Å²) in [6, 6.07) is 15.3. The van der Waals surface area contributed by atoms with Gasteiger partial charge in [-0.1, -0.05) is 54.4 Å². The number of halogens is 2. The molecule has 38 heavy (non-hydrogen) atoms. The Bertz CT molecular complexity index is 1330. The van der Waals surface area contributed by atoms with E-state index in [0.717, 1.165) is 49.1 Å². The van der Waals surface area contributed by atoms with Gasteiger partial charge in [-0.15, -0.1) is 0 Å². The minimum atomic E-state index is -0.956. The summed E-state index contributed by atoms with van der Waals surface area (Å²) in [4.78, 5) is 30.6. The normalized spacial score (nSPS) is 17.7. The zero-order valence-corrected chi connectivity index (χ0v) is 20.9. The lowest BCUT2D eigenvalue weighted by Crippen LogP contribution is -2.24. The van der Waals surface area contributed by atoms with Gasteiger partial charge in [0.05, 0.1) is 24.1 Å². The van der Waals surface area contributed by atoms with Crippen molar-refractivity contribution in [3.8, 4) is 0 Å². The number of oxime groups is 1. The average Bonchev–Trinajstić information content (AvgIpc) is 3.67. The van der Waals surface area contributed by atoms with Gasteiger partial charge in [0.1, 0.15) is 0 Å². The van der Waals surface area contributed by atoms with Crippen LogP contribution < -0.4 is 5.32 Å². The van der Waals surface area contributed by atoms with Crippen molar-refractivity contribution in [1.82, 2.24) is 9.88 Å². The molecule has 1 amide bonds. The van der Waals surface area contributed by atoms with E-state index in [1.54, 1.807) is 6.07 Å². The fraction of sp³-hybridized carbons (Fsp3) is 0.345. The summed E-state index contributed by atoms with van der Waals surface area (Å²) < 4.78 is 34.0. The SMILES string of the molecule is O=C(NCc1ccc(F)c(F)c1)c1cc(/C=N/OC2CCOC2=O)n(Cc2ccccc2)c1C1CCCC1. The quantitative estimate of drug-likeness (QED) is 0.242. The van der Waals surface area contributed by atoms with E-state index in [4.69, 9.17) is 9.57 Å². The summed E-state index contributed by atoms with van der Waals surface area (Å²) in [5.41, 5.74) is 3.61. The van der Waals surface area contributed by atoms with Crippen molar-refractivity contribution < 1.29 is 27.9 Å². The van der Waals surface area contributed by atoms with E-state index >= 15 is 0 Å². The average molecular weight is 522 g/mol. The van der Waals surface area contributed by atoms with Crippen LogP contribution in [0, 0.1) is 11.6 Å². The molecular weight excluding hydrogens is 492 g/mol. The van der Waals surface area contributed by atoms with Crippen molar-refractivity contribution in [1.29, 1.82) is 0 Å². The van der Waals surface area contributed by atoms with Gasteiger partial charge in [0, 0.05) is 31.1 Å². The van der Waals surface area contributed by atoms with Crippen molar-refractivity contribution in [2.75, 3.05) is 6.61 Å². The first-order chi connectivity index (χ1) is 18.5. The molecule has 1 unspecified atom stereocenters. The largest absolute Gasteiger partial charge is 0.463 e. The van der Waals surface area contributed by atoms with Crippen molar-refractivity contribution in [2.24, 2.45) is 5.16 Å². The second-order valence-corrected chi connectivity index (χ2v) is 9.64. The highest BCUT2D eigenvalue weighted by Crippen LogP contribution is 2.37. The maximum absolute atomic E-state index is 13.7. The van der Waals surface area contributed by atoms with E-state index in [1.165, 1.54) is 12.3 Å². The molecule has 0 bridgehead atoms. The number of hydrogen-bond acceptors (Lipinski definition) is 5. The molecule has 9 heteroatoms. The second kappa shape index (κ2) is 11.6. The molecule has 2 aliphatic rings. The van der Waals surface area contributed by atoms with Gasteiger partial charge in [0.2, 0.25) is 6.10 Å². The van der Waals surface area contributed by atoms with Crippen molar-refractivity contribution in [2.45, 2.75) is 57.2 Å². The van der Waals surface area contributed by atoms with E-state index in [2.05, 4.69) is 15.0 Å². The number of carbonyl (C=O) groups is 2. The standard InChI is InChI=1S/C29H29F2N3O4/c30-24-11-10-20(14-25(24)31)16-32-28(35)23-15-22(17-33-38-26-12-13-37-29(26)36)34(18-19-6-2-1-3-7-19)27(23)21-8-4-5-9-21/h1-3,6-7,10-11,14-15,17,21,26H,4-5,8-9,12-13,16,18H2,(H,32,35)/b33-17+. The number of esters is 1. The Balaban J connectivity index is 1.47. The predicted octanol–water partition coefficient (Wildman–Crippen LogP) is 5.07. The third kappa shape index (κ3) is 5.77. The Kier molecular flexibility index (Phi) is 7.81. The lowest BCUT2D eigenvalue weighted by atomic mass is 9.99. The molecule has 1 aliphatic heterocycles. The lowest BCUT2D eigenvalue weighted by Gasteiger charge is -2.18. The molecule has 2 fully saturated rings. The first kappa shape index (κ1) is 25.6. The summed E-state index contributed by atoms with van der Waals surface area (Å²) in [5.74, 6) is -2.44. The van der Waals surface area contributed by atoms with Gasteiger partial charge in [-0.3, -0.25) is 4.79 Å². The molecule has 1 saturated carbocycles. The van der Waals surface area contributed by atoms with Gasteiger partial charge in [-0.2, -0.15) is 0 Å². The number of hydrogen-bond donors (Lipinski definition) is 1. The zero-order valence-electron chi connectivity index (χ0n) is 20.9. The lowest BCUT2D eigenvalue weighted by molar-refractivity contribution is -0.147. The zero-order chi connectivity index (χ0) is 26.5. The third-order valence-electron chi connectivity index (χ3n) is 7.04. The van der Waals surface area contributed by atoms with Crippen molar-refractivity contribution in [3.63, 3.8) is 0 Å². The maximum atomic E-state index is 13.7. The molecule has 2 aromatic carbocycles. The Labute approximate surface area is 219 Å². The molecule has 1 aliphatic carbocycles. The minimum absolute atomic E-state index is 0.0559. The van der Waals surface area contributed by atoms with E-state index < -0.39 is 23.7 Å². The highest BCUT2D eigenvalue weighted by Gasteiger charge is 2.30. The Hall–Kier alpha value is -4.01. The van der Waals surface area contributed by atoms with Crippen LogP contribution in [0.3, 0.4) is 0 Å². The molecule has 1 N–H and O–H groups in total. The first-order valence-corrected chi connectivity index (χ1v) is 12.8.